The van der Waals surface area contributed by atoms with Gasteiger partial charge in [0.05, 0.1) is 19.3 Å². The molecule has 1 fully saturated rings. The first kappa shape index (κ1) is 12.3. The third kappa shape index (κ3) is 4.64. The Bertz CT molecular complexity index is 132. The Morgan fingerprint density at radius 3 is 3.14 bits per heavy atom. The van der Waals surface area contributed by atoms with Gasteiger partial charge in [-0.2, -0.15) is 12.6 Å². The quantitative estimate of drug-likeness (QED) is 0.675. The van der Waals surface area contributed by atoms with Crippen LogP contribution in [0.4, 0.5) is 0 Å². The smallest absolute Gasteiger partial charge is 0.0935 e. The zero-order valence-corrected chi connectivity index (χ0v) is 9.84. The topological polar surface area (TPSA) is 21.7 Å². The van der Waals surface area contributed by atoms with Crippen molar-refractivity contribution in [2.45, 2.75) is 19.4 Å². The SMILES string of the molecule is CCOC[C@@H]1CN(CCCS)CCO1. The molecule has 14 heavy (non-hydrogen) atoms. The van der Waals surface area contributed by atoms with E-state index in [1.165, 1.54) is 0 Å². The average Bonchev–Trinajstić information content (AvgIpc) is 2.24. The van der Waals surface area contributed by atoms with E-state index in [4.69, 9.17) is 9.47 Å². The fraction of sp³-hybridized carbons (Fsp3) is 1.00. The molecular formula is C10H21NO2S. The van der Waals surface area contributed by atoms with E-state index in [1.807, 2.05) is 6.92 Å². The monoisotopic (exact) mass is 219 g/mol. The van der Waals surface area contributed by atoms with Crippen LogP contribution < -0.4 is 0 Å². The number of ether oxygens (including phenoxy) is 2. The third-order valence-corrected chi connectivity index (χ3v) is 2.68. The minimum atomic E-state index is 0.267. The predicted molar refractivity (Wildman–Crippen MR) is 61.1 cm³/mol. The maximum atomic E-state index is 5.60. The highest BCUT2D eigenvalue weighted by Gasteiger charge is 2.19. The number of thiol groups is 1. The molecular weight excluding hydrogens is 198 g/mol. The van der Waals surface area contributed by atoms with Crippen molar-refractivity contribution in [1.82, 2.24) is 4.90 Å². The second-order valence-corrected chi connectivity index (χ2v) is 3.98. The number of nitrogens with zero attached hydrogens (tertiary/aromatic N) is 1. The minimum absolute atomic E-state index is 0.267. The highest BCUT2D eigenvalue weighted by Crippen LogP contribution is 2.06. The molecule has 1 atom stereocenters. The second kappa shape index (κ2) is 7.51. The molecule has 4 heteroatoms. The molecule has 0 radical (unpaired) electrons. The van der Waals surface area contributed by atoms with Gasteiger partial charge in [0.1, 0.15) is 0 Å². The number of rotatable bonds is 6. The molecule has 1 heterocycles. The van der Waals surface area contributed by atoms with Crippen LogP contribution in [0.15, 0.2) is 0 Å². The molecule has 1 aliphatic rings. The zero-order valence-electron chi connectivity index (χ0n) is 8.95. The number of hydrogen-bond donors (Lipinski definition) is 1. The van der Waals surface area contributed by atoms with E-state index in [0.717, 1.165) is 51.6 Å². The van der Waals surface area contributed by atoms with Gasteiger partial charge in [0.15, 0.2) is 0 Å². The summed E-state index contributed by atoms with van der Waals surface area (Å²) >= 11 is 4.22. The first-order chi connectivity index (χ1) is 6.86. The van der Waals surface area contributed by atoms with Crippen LogP contribution in [0.25, 0.3) is 0 Å². The largest absolute Gasteiger partial charge is 0.379 e. The van der Waals surface area contributed by atoms with Gasteiger partial charge in [0.2, 0.25) is 0 Å². The van der Waals surface area contributed by atoms with Crippen LogP contribution in [0.3, 0.4) is 0 Å². The van der Waals surface area contributed by atoms with Crippen molar-refractivity contribution in [3.05, 3.63) is 0 Å². The van der Waals surface area contributed by atoms with Crippen LogP contribution >= 0.6 is 12.6 Å². The summed E-state index contributed by atoms with van der Waals surface area (Å²) in [7, 11) is 0. The van der Waals surface area contributed by atoms with Crippen molar-refractivity contribution >= 4 is 12.6 Å². The Morgan fingerprint density at radius 2 is 2.43 bits per heavy atom. The summed E-state index contributed by atoms with van der Waals surface area (Å²) < 4.78 is 11.0. The van der Waals surface area contributed by atoms with Crippen molar-refractivity contribution in [2.24, 2.45) is 0 Å². The van der Waals surface area contributed by atoms with E-state index in [9.17, 15) is 0 Å². The Kier molecular flexibility index (Phi) is 6.60. The molecule has 0 saturated carbocycles. The summed E-state index contributed by atoms with van der Waals surface area (Å²) in [4.78, 5) is 2.43. The van der Waals surface area contributed by atoms with Gasteiger partial charge in [-0.15, -0.1) is 0 Å². The maximum absolute atomic E-state index is 5.60. The van der Waals surface area contributed by atoms with Gasteiger partial charge in [0, 0.05) is 19.7 Å². The Labute approximate surface area is 92.2 Å². The fourth-order valence-electron chi connectivity index (χ4n) is 1.63. The lowest BCUT2D eigenvalue weighted by Crippen LogP contribution is -2.44. The van der Waals surface area contributed by atoms with Crippen molar-refractivity contribution in [3.8, 4) is 0 Å². The van der Waals surface area contributed by atoms with Crippen LogP contribution in [-0.2, 0) is 9.47 Å². The summed E-state index contributed by atoms with van der Waals surface area (Å²) in [6.45, 7) is 7.55. The molecule has 0 unspecified atom stereocenters. The van der Waals surface area contributed by atoms with Crippen molar-refractivity contribution in [1.29, 1.82) is 0 Å². The molecule has 0 aromatic carbocycles. The Morgan fingerprint density at radius 1 is 1.57 bits per heavy atom. The Hall–Kier alpha value is 0.230. The predicted octanol–water partition coefficient (Wildman–Crippen LogP) is 1.04. The molecule has 0 spiro atoms. The molecule has 0 bridgehead atoms. The first-order valence-electron chi connectivity index (χ1n) is 5.39. The van der Waals surface area contributed by atoms with E-state index in [2.05, 4.69) is 17.5 Å². The van der Waals surface area contributed by atoms with Gasteiger partial charge < -0.3 is 9.47 Å². The average molecular weight is 219 g/mol. The van der Waals surface area contributed by atoms with Gasteiger partial charge in [0.25, 0.3) is 0 Å². The molecule has 1 rings (SSSR count). The molecule has 0 aromatic rings. The minimum Gasteiger partial charge on any atom is -0.379 e. The molecule has 1 aliphatic heterocycles. The van der Waals surface area contributed by atoms with Crippen LogP contribution in [0.2, 0.25) is 0 Å². The van der Waals surface area contributed by atoms with Crippen LogP contribution in [-0.4, -0.2) is 56.2 Å². The summed E-state index contributed by atoms with van der Waals surface area (Å²) in [5, 5.41) is 0. The fourth-order valence-corrected chi connectivity index (χ4v) is 1.77. The van der Waals surface area contributed by atoms with Crippen molar-refractivity contribution in [3.63, 3.8) is 0 Å². The van der Waals surface area contributed by atoms with Crippen LogP contribution in [0.1, 0.15) is 13.3 Å². The highest BCUT2D eigenvalue weighted by molar-refractivity contribution is 7.80. The van der Waals surface area contributed by atoms with Crippen molar-refractivity contribution < 1.29 is 9.47 Å². The Balaban J connectivity index is 2.14. The van der Waals surface area contributed by atoms with E-state index < -0.39 is 0 Å². The van der Waals surface area contributed by atoms with Gasteiger partial charge in [-0.25, -0.2) is 0 Å². The third-order valence-electron chi connectivity index (χ3n) is 2.36. The normalized spacial score (nSPS) is 24.0. The lowest BCUT2D eigenvalue weighted by Gasteiger charge is -2.32. The second-order valence-electron chi connectivity index (χ2n) is 3.53. The standard InChI is InChI=1S/C10H21NO2S/c1-2-12-9-10-8-11(4-3-7-14)5-6-13-10/h10,14H,2-9H2,1H3/t10-/m0/s1. The summed E-state index contributed by atoms with van der Waals surface area (Å²) in [5.41, 5.74) is 0. The first-order valence-corrected chi connectivity index (χ1v) is 6.02. The molecule has 84 valence electrons. The van der Waals surface area contributed by atoms with Gasteiger partial charge >= 0.3 is 0 Å². The molecule has 0 aliphatic carbocycles. The van der Waals surface area contributed by atoms with E-state index in [-0.39, 0.29) is 6.10 Å². The molecule has 3 nitrogen and oxygen atoms in total. The molecule has 1 saturated heterocycles. The maximum Gasteiger partial charge on any atom is 0.0935 e. The number of morpholine rings is 1. The van der Waals surface area contributed by atoms with E-state index in [1.54, 1.807) is 0 Å². The van der Waals surface area contributed by atoms with E-state index in [0.29, 0.717) is 0 Å². The van der Waals surface area contributed by atoms with Gasteiger partial charge in [-0.1, -0.05) is 0 Å². The molecule has 0 N–H and O–H groups in total. The van der Waals surface area contributed by atoms with Gasteiger partial charge in [-0.05, 0) is 25.6 Å². The van der Waals surface area contributed by atoms with E-state index >= 15 is 0 Å². The molecule has 0 aromatic heterocycles. The highest BCUT2D eigenvalue weighted by atomic mass is 32.1. The van der Waals surface area contributed by atoms with Crippen LogP contribution in [0.5, 0.6) is 0 Å². The lowest BCUT2D eigenvalue weighted by atomic mass is 10.2. The van der Waals surface area contributed by atoms with Gasteiger partial charge in [-0.3, -0.25) is 4.90 Å². The van der Waals surface area contributed by atoms with Crippen LogP contribution in [0, 0.1) is 0 Å². The number of hydrogen-bond acceptors (Lipinski definition) is 4. The zero-order chi connectivity index (χ0) is 10.2. The lowest BCUT2D eigenvalue weighted by molar-refractivity contribution is -0.0672. The summed E-state index contributed by atoms with van der Waals surface area (Å²) in [6, 6.07) is 0. The summed E-state index contributed by atoms with van der Waals surface area (Å²) in [5.74, 6) is 0.966. The molecule has 0 amide bonds. The van der Waals surface area contributed by atoms with Crippen molar-refractivity contribution in [2.75, 3.05) is 45.2 Å². The summed E-state index contributed by atoms with van der Waals surface area (Å²) in [6.07, 6.45) is 1.42.